The highest BCUT2D eigenvalue weighted by atomic mass is 16.6. The van der Waals surface area contributed by atoms with E-state index in [0.717, 1.165) is 9.13 Å². The molecule has 0 fully saturated rings. The molecule has 12 heteroatoms. The molecule has 0 bridgehead atoms. The maximum atomic E-state index is 13.1. The summed E-state index contributed by atoms with van der Waals surface area (Å²) in [7, 11) is 5.58. The van der Waals surface area contributed by atoms with E-state index in [-0.39, 0.29) is 28.5 Å². The first-order chi connectivity index (χ1) is 14.6. The average molecular weight is 426 g/mol. The SMILES string of the molecule is Cn1c2c(c(=O)n(C)c1=O)C(c1ccc([N+](=O)[O-])cc1)c1c(n(C)c(=O)n(C)c1=O)N2. The molecule has 0 aliphatic carbocycles. The molecule has 0 amide bonds. The maximum absolute atomic E-state index is 13.1. The first kappa shape index (κ1) is 20.1. The maximum Gasteiger partial charge on any atom is 0.332 e. The Balaban J connectivity index is 2.18. The summed E-state index contributed by atoms with van der Waals surface area (Å²) in [5, 5.41) is 14.0. The van der Waals surface area contributed by atoms with Gasteiger partial charge in [-0.15, -0.1) is 0 Å². The molecule has 0 radical (unpaired) electrons. The van der Waals surface area contributed by atoms with Crippen molar-refractivity contribution in [1.82, 2.24) is 18.3 Å². The summed E-state index contributed by atoms with van der Waals surface area (Å²) >= 11 is 0. The third-order valence-corrected chi connectivity index (χ3v) is 5.65. The Morgan fingerprint density at radius 2 is 1.19 bits per heavy atom. The highest BCUT2D eigenvalue weighted by Gasteiger charge is 2.37. The van der Waals surface area contributed by atoms with Gasteiger partial charge in [0, 0.05) is 40.3 Å². The lowest BCUT2D eigenvalue weighted by molar-refractivity contribution is -0.384. The van der Waals surface area contributed by atoms with Gasteiger partial charge in [-0.3, -0.25) is 38.0 Å². The zero-order chi connectivity index (χ0) is 22.8. The van der Waals surface area contributed by atoms with Crippen LogP contribution in [0.15, 0.2) is 43.4 Å². The number of non-ortho nitro benzene ring substituents is 1. The van der Waals surface area contributed by atoms with Gasteiger partial charge in [-0.2, -0.15) is 0 Å². The van der Waals surface area contributed by atoms with Crippen molar-refractivity contribution in [3.05, 3.63) is 92.7 Å². The van der Waals surface area contributed by atoms with Crippen molar-refractivity contribution in [2.24, 2.45) is 28.2 Å². The summed E-state index contributed by atoms with van der Waals surface area (Å²) in [5.74, 6) is -0.664. The van der Waals surface area contributed by atoms with Gasteiger partial charge in [0.15, 0.2) is 0 Å². The van der Waals surface area contributed by atoms with E-state index in [2.05, 4.69) is 5.32 Å². The second-order valence-corrected chi connectivity index (χ2v) is 7.34. The molecular weight excluding hydrogens is 408 g/mol. The van der Waals surface area contributed by atoms with Gasteiger partial charge in [-0.25, -0.2) is 9.59 Å². The molecule has 0 atom stereocenters. The third kappa shape index (κ3) is 2.68. The molecule has 1 aliphatic rings. The summed E-state index contributed by atoms with van der Waals surface area (Å²) in [5.41, 5.74) is -1.87. The van der Waals surface area contributed by atoms with Gasteiger partial charge in [-0.05, 0) is 5.56 Å². The number of benzene rings is 1. The topological polar surface area (TPSA) is 143 Å². The molecule has 3 aromatic rings. The molecule has 3 heterocycles. The zero-order valence-electron chi connectivity index (χ0n) is 17.1. The summed E-state index contributed by atoms with van der Waals surface area (Å²) in [4.78, 5) is 61.7. The number of nitrogens with zero attached hydrogens (tertiary/aromatic N) is 5. The predicted octanol–water partition coefficient (Wildman–Crippen LogP) is -0.373. The van der Waals surface area contributed by atoms with Crippen LogP contribution in [0, 0.1) is 10.1 Å². The fourth-order valence-electron chi connectivity index (χ4n) is 3.94. The van der Waals surface area contributed by atoms with Crippen LogP contribution in [0.25, 0.3) is 0 Å². The van der Waals surface area contributed by atoms with Crippen LogP contribution in [0.3, 0.4) is 0 Å². The van der Waals surface area contributed by atoms with Gasteiger partial charge in [0.2, 0.25) is 0 Å². The number of fused-ring (bicyclic) bond motifs is 2. The molecular formula is C19H18N6O6. The van der Waals surface area contributed by atoms with Crippen LogP contribution in [0.1, 0.15) is 22.6 Å². The van der Waals surface area contributed by atoms with E-state index in [1.165, 1.54) is 61.6 Å². The normalized spacial score (nSPS) is 12.8. The quantitative estimate of drug-likeness (QED) is 0.340. The summed E-state index contributed by atoms with van der Waals surface area (Å²) in [6, 6.07) is 5.46. The van der Waals surface area contributed by atoms with Crippen LogP contribution < -0.4 is 27.8 Å². The molecule has 160 valence electrons. The van der Waals surface area contributed by atoms with Gasteiger partial charge in [0.1, 0.15) is 11.6 Å². The fourth-order valence-corrected chi connectivity index (χ4v) is 3.94. The molecule has 0 spiro atoms. The largest absolute Gasteiger partial charge is 0.332 e. The van der Waals surface area contributed by atoms with E-state index in [9.17, 15) is 29.3 Å². The lowest BCUT2D eigenvalue weighted by atomic mass is 9.84. The lowest BCUT2D eigenvalue weighted by Gasteiger charge is -2.31. The van der Waals surface area contributed by atoms with E-state index < -0.39 is 33.3 Å². The average Bonchev–Trinajstić information content (AvgIpc) is 2.77. The predicted molar refractivity (Wildman–Crippen MR) is 111 cm³/mol. The monoisotopic (exact) mass is 426 g/mol. The minimum absolute atomic E-state index is 0.127. The lowest BCUT2D eigenvalue weighted by Crippen LogP contribution is -2.47. The van der Waals surface area contributed by atoms with E-state index in [1.807, 2.05) is 0 Å². The second-order valence-electron chi connectivity index (χ2n) is 7.34. The standard InChI is InChI=1S/C19H18N6O6/c1-21-14-12(16(26)23(3)18(21)28)11(9-5-7-10(8-6-9)25(30)31)13-15(20-14)22(2)19(29)24(4)17(13)27/h5-8,11,20H,1-4H3. The van der Waals surface area contributed by atoms with Crippen molar-refractivity contribution in [3.8, 4) is 0 Å². The smallest absolute Gasteiger partial charge is 0.327 e. The molecule has 4 rings (SSSR count). The van der Waals surface area contributed by atoms with Crippen LogP contribution >= 0.6 is 0 Å². The molecule has 1 N–H and O–H groups in total. The Kier molecular flexibility index (Phi) is 4.31. The van der Waals surface area contributed by atoms with Crippen LogP contribution in [0.5, 0.6) is 0 Å². The number of aromatic nitrogens is 4. The Morgan fingerprint density at radius 1 is 0.774 bits per heavy atom. The van der Waals surface area contributed by atoms with E-state index in [4.69, 9.17) is 0 Å². The number of hydrogen-bond acceptors (Lipinski definition) is 7. The summed E-state index contributed by atoms with van der Waals surface area (Å²) in [6.07, 6.45) is 0. The van der Waals surface area contributed by atoms with Crippen LogP contribution in [0.2, 0.25) is 0 Å². The molecule has 1 aromatic carbocycles. The Hall–Kier alpha value is -4.22. The molecule has 1 aliphatic heterocycles. The molecule has 2 aromatic heterocycles. The third-order valence-electron chi connectivity index (χ3n) is 5.65. The van der Waals surface area contributed by atoms with E-state index >= 15 is 0 Å². The Bertz CT molecular complexity index is 1420. The second kappa shape index (κ2) is 6.65. The van der Waals surface area contributed by atoms with Crippen LogP contribution in [-0.2, 0) is 28.2 Å². The van der Waals surface area contributed by atoms with Gasteiger partial charge in [-0.1, -0.05) is 12.1 Å². The first-order valence-corrected chi connectivity index (χ1v) is 9.17. The van der Waals surface area contributed by atoms with Gasteiger partial charge >= 0.3 is 11.4 Å². The number of anilines is 2. The van der Waals surface area contributed by atoms with Gasteiger partial charge in [0.25, 0.3) is 16.8 Å². The van der Waals surface area contributed by atoms with Crippen molar-refractivity contribution in [2.75, 3.05) is 5.32 Å². The number of rotatable bonds is 2. The van der Waals surface area contributed by atoms with Crippen molar-refractivity contribution < 1.29 is 4.92 Å². The fraction of sp³-hybridized carbons (Fsp3) is 0.263. The molecule has 0 saturated carbocycles. The first-order valence-electron chi connectivity index (χ1n) is 9.17. The molecule has 12 nitrogen and oxygen atoms in total. The van der Waals surface area contributed by atoms with Crippen molar-refractivity contribution in [2.45, 2.75) is 5.92 Å². The number of nitro benzene ring substituents is 1. The van der Waals surface area contributed by atoms with Crippen LogP contribution in [-0.4, -0.2) is 23.2 Å². The van der Waals surface area contributed by atoms with Gasteiger partial charge in [0.05, 0.1) is 22.0 Å². The van der Waals surface area contributed by atoms with Gasteiger partial charge < -0.3 is 5.32 Å². The number of nitrogens with one attached hydrogen (secondary N) is 1. The minimum atomic E-state index is -0.956. The van der Waals surface area contributed by atoms with Crippen LogP contribution in [0.4, 0.5) is 17.3 Å². The van der Waals surface area contributed by atoms with Crippen molar-refractivity contribution >= 4 is 17.3 Å². The van der Waals surface area contributed by atoms with E-state index in [0.29, 0.717) is 5.56 Å². The number of hydrogen-bond donors (Lipinski definition) is 1. The number of nitro groups is 1. The highest BCUT2D eigenvalue weighted by molar-refractivity contribution is 5.70. The highest BCUT2D eigenvalue weighted by Crippen LogP contribution is 2.40. The summed E-state index contributed by atoms with van der Waals surface area (Å²) in [6.45, 7) is 0. The molecule has 0 unspecified atom stereocenters. The van der Waals surface area contributed by atoms with Crippen molar-refractivity contribution in [1.29, 1.82) is 0 Å². The molecule has 31 heavy (non-hydrogen) atoms. The summed E-state index contributed by atoms with van der Waals surface area (Å²) < 4.78 is 4.30. The van der Waals surface area contributed by atoms with Crippen molar-refractivity contribution in [3.63, 3.8) is 0 Å². The minimum Gasteiger partial charge on any atom is -0.327 e. The zero-order valence-corrected chi connectivity index (χ0v) is 17.1. The Labute approximate surface area is 173 Å². The van der Waals surface area contributed by atoms with E-state index in [1.54, 1.807) is 0 Å². The molecule has 0 saturated heterocycles. The Morgan fingerprint density at radius 3 is 1.58 bits per heavy atom.